The molecular weight excluding hydrogens is 338 g/mol. The predicted molar refractivity (Wildman–Crippen MR) is 106 cm³/mol. The van der Waals surface area contributed by atoms with Gasteiger partial charge in [-0.05, 0) is 49.7 Å². The number of hydrogen-bond acceptors (Lipinski definition) is 2. The Morgan fingerprint density at radius 2 is 1.41 bits per heavy atom. The van der Waals surface area contributed by atoms with E-state index >= 15 is 0 Å². The van der Waals surface area contributed by atoms with E-state index in [1.807, 2.05) is 65.3 Å². The summed E-state index contributed by atoms with van der Waals surface area (Å²) in [5.41, 5.74) is 4.76. The lowest BCUT2D eigenvalue weighted by Gasteiger charge is -2.35. The molecule has 0 atom stereocenters. The largest absolute Gasteiger partial charge is 0.358 e. The van der Waals surface area contributed by atoms with Crippen LogP contribution in [0.1, 0.15) is 32.0 Å². The fraction of sp³-hybridized carbons (Fsp3) is 0.273. The van der Waals surface area contributed by atoms with Gasteiger partial charge in [-0.3, -0.25) is 9.59 Å². The van der Waals surface area contributed by atoms with Gasteiger partial charge >= 0.3 is 0 Å². The highest BCUT2D eigenvalue weighted by molar-refractivity contribution is 5.99. The number of piperazine rings is 1. The third kappa shape index (κ3) is 3.21. The van der Waals surface area contributed by atoms with E-state index in [0.29, 0.717) is 37.3 Å². The van der Waals surface area contributed by atoms with Crippen LogP contribution in [0, 0.1) is 13.8 Å². The lowest BCUT2D eigenvalue weighted by molar-refractivity contribution is 0.0535. The minimum Gasteiger partial charge on any atom is -0.358 e. The predicted octanol–water partition coefficient (Wildman–Crippen LogP) is 3.38. The maximum Gasteiger partial charge on any atom is 0.253 e. The van der Waals surface area contributed by atoms with Crippen LogP contribution in [-0.2, 0) is 0 Å². The molecule has 5 nitrogen and oxygen atoms in total. The highest BCUT2D eigenvalue weighted by Gasteiger charge is 2.25. The van der Waals surface area contributed by atoms with Crippen LogP contribution in [0.25, 0.3) is 10.9 Å². The second kappa shape index (κ2) is 6.91. The minimum atomic E-state index is 0.0296. The van der Waals surface area contributed by atoms with Crippen LogP contribution in [-0.4, -0.2) is 52.8 Å². The minimum absolute atomic E-state index is 0.0296. The number of carbonyl (C=O) groups is 2. The summed E-state index contributed by atoms with van der Waals surface area (Å²) in [5.74, 6) is 0.0597. The second-order valence-corrected chi connectivity index (χ2v) is 7.09. The van der Waals surface area contributed by atoms with E-state index < -0.39 is 0 Å². The molecule has 1 aliphatic heterocycles. The third-order valence-electron chi connectivity index (χ3n) is 5.43. The normalized spacial score (nSPS) is 14.6. The Balaban J connectivity index is 1.46. The molecule has 27 heavy (non-hydrogen) atoms. The first-order valence-corrected chi connectivity index (χ1v) is 9.27. The SMILES string of the molecule is Cc1[nH]c2ccc(C(=O)N3CCN(C(=O)c4ccccc4)CC3)cc2c1C. The number of fused-ring (bicyclic) bond motifs is 1. The van der Waals surface area contributed by atoms with Gasteiger partial charge in [0.1, 0.15) is 0 Å². The van der Waals surface area contributed by atoms with Gasteiger partial charge in [-0.25, -0.2) is 0 Å². The van der Waals surface area contributed by atoms with Crippen molar-refractivity contribution in [2.24, 2.45) is 0 Å². The molecule has 1 aromatic heterocycles. The number of aromatic amines is 1. The Morgan fingerprint density at radius 1 is 0.815 bits per heavy atom. The van der Waals surface area contributed by atoms with E-state index in [0.717, 1.165) is 16.6 Å². The Kier molecular flexibility index (Phi) is 4.44. The molecule has 0 bridgehead atoms. The molecule has 0 saturated carbocycles. The third-order valence-corrected chi connectivity index (χ3v) is 5.43. The summed E-state index contributed by atoms with van der Waals surface area (Å²) in [6.07, 6.45) is 0. The van der Waals surface area contributed by atoms with Gasteiger partial charge in [0.15, 0.2) is 0 Å². The number of H-pyrrole nitrogens is 1. The quantitative estimate of drug-likeness (QED) is 0.761. The van der Waals surface area contributed by atoms with Gasteiger partial charge in [0.2, 0.25) is 0 Å². The van der Waals surface area contributed by atoms with Crippen LogP contribution in [0.4, 0.5) is 0 Å². The molecule has 0 aliphatic carbocycles. The number of benzene rings is 2. The fourth-order valence-electron chi connectivity index (χ4n) is 3.65. The zero-order chi connectivity index (χ0) is 19.0. The van der Waals surface area contributed by atoms with Crippen molar-refractivity contribution in [1.82, 2.24) is 14.8 Å². The first kappa shape index (κ1) is 17.3. The number of aromatic nitrogens is 1. The van der Waals surface area contributed by atoms with Gasteiger partial charge in [-0.1, -0.05) is 18.2 Å². The van der Waals surface area contributed by atoms with Crippen LogP contribution in [0.2, 0.25) is 0 Å². The first-order valence-electron chi connectivity index (χ1n) is 9.27. The Hall–Kier alpha value is -3.08. The lowest BCUT2D eigenvalue weighted by atomic mass is 10.1. The molecule has 1 aliphatic rings. The molecule has 3 aromatic rings. The molecule has 138 valence electrons. The number of hydrogen-bond donors (Lipinski definition) is 1. The first-order chi connectivity index (χ1) is 13.0. The summed E-state index contributed by atoms with van der Waals surface area (Å²) >= 11 is 0. The molecule has 2 aromatic carbocycles. The summed E-state index contributed by atoms with van der Waals surface area (Å²) < 4.78 is 0. The summed E-state index contributed by atoms with van der Waals surface area (Å²) in [6, 6.07) is 15.1. The maximum atomic E-state index is 12.9. The lowest BCUT2D eigenvalue weighted by Crippen LogP contribution is -2.50. The number of nitrogens with one attached hydrogen (secondary N) is 1. The van der Waals surface area contributed by atoms with E-state index in [1.165, 1.54) is 5.56 Å². The van der Waals surface area contributed by atoms with Crippen LogP contribution in [0.15, 0.2) is 48.5 Å². The van der Waals surface area contributed by atoms with E-state index in [9.17, 15) is 9.59 Å². The second-order valence-electron chi connectivity index (χ2n) is 7.09. The zero-order valence-electron chi connectivity index (χ0n) is 15.7. The van der Waals surface area contributed by atoms with Crippen molar-refractivity contribution < 1.29 is 9.59 Å². The molecule has 0 spiro atoms. The smallest absolute Gasteiger partial charge is 0.253 e. The molecule has 2 heterocycles. The molecule has 4 rings (SSSR count). The molecule has 1 saturated heterocycles. The summed E-state index contributed by atoms with van der Waals surface area (Å²) in [7, 11) is 0. The molecule has 2 amide bonds. The van der Waals surface area contributed by atoms with Crippen molar-refractivity contribution >= 4 is 22.7 Å². The Bertz CT molecular complexity index is 999. The summed E-state index contributed by atoms with van der Waals surface area (Å²) in [6.45, 7) is 6.34. The topological polar surface area (TPSA) is 56.4 Å². The average Bonchev–Trinajstić information content (AvgIpc) is 3.01. The number of aryl methyl sites for hydroxylation is 2. The molecule has 0 radical (unpaired) electrons. The van der Waals surface area contributed by atoms with Gasteiger partial charge in [0.05, 0.1) is 0 Å². The molecular formula is C22H23N3O2. The monoisotopic (exact) mass is 361 g/mol. The number of nitrogens with zero attached hydrogens (tertiary/aromatic N) is 2. The van der Waals surface area contributed by atoms with E-state index in [2.05, 4.69) is 11.9 Å². The maximum absolute atomic E-state index is 12.9. The van der Waals surface area contributed by atoms with Crippen LogP contribution in [0.3, 0.4) is 0 Å². The zero-order valence-corrected chi connectivity index (χ0v) is 15.7. The van der Waals surface area contributed by atoms with Crippen LogP contribution >= 0.6 is 0 Å². The van der Waals surface area contributed by atoms with E-state index in [-0.39, 0.29) is 11.8 Å². The Labute approximate surface area is 158 Å². The van der Waals surface area contributed by atoms with Gasteiger partial charge < -0.3 is 14.8 Å². The number of amides is 2. The van der Waals surface area contributed by atoms with Crippen molar-refractivity contribution in [1.29, 1.82) is 0 Å². The van der Waals surface area contributed by atoms with Gasteiger partial charge in [0.25, 0.3) is 11.8 Å². The van der Waals surface area contributed by atoms with Crippen molar-refractivity contribution in [2.45, 2.75) is 13.8 Å². The van der Waals surface area contributed by atoms with E-state index in [1.54, 1.807) is 0 Å². The molecule has 0 unspecified atom stereocenters. The summed E-state index contributed by atoms with van der Waals surface area (Å²) in [5, 5.41) is 1.09. The Morgan fingerprint density at radius 3 is 2.04 bits per heavy atom. The molecule has 5 heteroatoms. The molecule has 1 N–H and O–H groups in total. The number of carbonyl (C=O) groups excluding carboxylic acids is 2. The van der Waals surface area contributed by atoms with Crippen molar-refractivity contribution in [3.63, 3.8) is 0 Å². The van der Waals surface area contributed by atoms with Gasteiger partial charge in [0, 0.05) is 53.9 Å². The average molecular weight is 361 g/mol. The fourth-order valence-corrected chi connectivity index (χ4v) is 3.65. The highest BCUT2D eigenvalue weighted by atomic mass is 16.2. The van der Waals surface area contributed by atoms with Crippen molar-refractivity contribution in [2.75, 3.05) is 26.2 Å². The summed E-state index contributed by atoms with van der Waals surface area (Å²) in [4.78, 5) is 32.5. The highest BCUT2D eigenvalue weighted by Crippen LogP contribution is 2.23. The van der Waals surface area contributed by atoms with Crippen LogP contribution < -0.4 is 0 Å². The van der Waals surface area contributed by atoms with Crippen molar-refractivity contribution in [3.8, 4) is 0 Å². The molecule has 1 fully saturated rings. The van der Waals surface area contributed by atoms with Gasteiger partial charge in [-0.2, -0.15) is 0 Å². The number of rotatable bonds is 2. The standard InChI is InChI=1S/C22H23N3O2/c1-15-16(2)23-20-9-8-18(14-19(15)20)22(27)25-12-10-24(11-13-25)21(26)17-6-4-3-5-7-17/h3-9,14,23H,10-13H2,1-2H3. The van der Waals surface area contributed by atoms with Crippen LogP contribution in [0.5, 0.6) is 0 Å². The van der Waals surface area contributed by atoms with Gasteiger partial charge in [-0.15, -0.1) is 0 Å². The van der Waals surface area contributed by atoms with E-state index in [4.69, 9.17) is 0 Å². The van der Waals surface area contributed by atoms with Crippen molar-refractivity contribution in [3.05, 3.63) is 70.9 Å².